The van der Waals surface area contributed by atoms with Gasteiger partial charge in [0.15, 0.2) is 5.52 Å². The molecule has 0 aliphatic carbocycles. The highest BCUT2D eigenvalue weighted by atomic mass is 35.5. The first-order valence-electron chi connectivity index (χ1n) is 7.69. The van der Waals surface area contributed by atoms with Crippen molar-refractivity contribution >= 4 is 11.2 Å². The molecule has 122 valence electrons. The molecule has 0 fully saturated rings. The first-order valence-corrected chi connectivity index (χ1v) is 7.69. The van der Waals surface area contributed by atoms with Crippen molar-refractivity contribution in [2.24, 2.45) is 0 Å². The number of nitrogens with zero attached hydrogens (tertiary/aromatic N) is 3. The van der Waals surface area contributed by atoms with Gasteiger partial charge in [-0.2, -0.15) is 4.40 Å². The third kappa shape index (κ3) is 3.13. The molecule has 23 heavy (non-hydrogen) atoms. The molecule has 0 unspecified atom stereocenters. The SMILES string of the molecule is CCN(CC)c1ccc(-c2c3cccc[n+]3cn2OC)cc1.[Cl-]. The molecule has 0 radical (unpaired) electrons. The first-order chi connectivity index (χ1) is 10.8. The average Bonchev–Trinajstić information content (AvgIpc) is 2.95. The fourth-order valence-corrected chi connectivity index (χ4v) is 2.87. The van der Waals surface area contributed by atoms with Gasteiger partial charge in [-0.25, -0.2) is 0 Å². The summed E-state index contributed by atoms with van der Waals surface area (Å²) in [5.41, 5.74) is 4.59. The van der Waals surface area contributed by atoms with Crippen molar-refractivity contribution in [3.8, 4) is 11.3 Å². The molecule has 0 saturated heterocycles. The van der Waals surface area contributed by atoms with Crippen molar-refractivity contribution in [1.29, 1.82) is 0 Å². The molecule has 0 bridgehead atoms. The van der Waals surface area contributed by atoms with E-state index in [1.54, 1.807) is 7.11 Å². The summed E-state index contributed by atoms with van der Waals surface area (Å²) in [6.45, 7) is 6.39. The van der Waals surface area contributed by atoms with Crippen LogP contribution in [-0.4, -0.2) is 24.9 Å². The predicted octanol–water partition coefficient (Wildman–Crippen LogP) is -0.198. The molecule has 2 aromatic heterocycles. The van der Waals surface area contributed by atoms with Crippen LogP contribution in [0.1, 0.15) is 13.8 Å². The van der Waals surface area contributed by atoms with Gasteiger partial charge in [0, 0.05) is 24.3 Å². The Morgan fingerprint density at radius 3 is 2.35 bits per heavy atom. The van der Waals surface area contributed by atoms with Gasteiger partial charge in [0.1, 0.15) is 7.11 Å². The maximum absolute atomic E-state index is 5.49. The third-order valence-electron chi connectivity index (χ3n) is 4.05. The molecule has 0 saturated carbocycles. The van der Waals surface area contributed by atoms with E-state index in [0.717, 1.165) is 29.9 Å². The Kier molecular flexibility index (Phi) is 5.50. The van der Waals surface area contributed by atoms with Crippen LogP contribution in [0, 0.1) is 0 Å². The minimum atomic E-state index is 0. The summed E-state index contributed by atoms with van der Waals surface area (Å²) >= 11 is 0. The van der Waals surface area contributed by atoms with E-state index in [1.807, 2.05) is 29.4 Å². The Morgan fingerprint density at radius 2 is 1.74 bits per heavy atom. The molecule has 1 aromatic carbocycles. The number of anilines is 1. The molecule has 2 heterocycles. The molecule has 0 spiro atoms. The summed E-state index contributed by atoms with van der Waals surface area (Å²) in [6.07, 6.45) is 3.97. The van der Waals surface area contributed by atoms with Gasteiger partial charge in [-0.3, -0.25) is 0 Å². The maximum atomic E-state index is 5.49. The van der Waals surface area contributed by atoms with Gasteiger partial charge in [-0.05, 0) is 55.0 Å². The van der Waals surface area contributed by atoms with E-state index in [2.05, 4.69) is 53.5 Å². The highest BCUT2D eigenvalue weighted by Crippen LogP contribution is 2.25. The second kappa shape index (κ2) is 7.38. The van der Waals surface area contributed by atoms with Crippen LogP contribution in [0.2, 0.25) is 0 Å². The molecular formula is C18H22ClN3O. The van der Waals surface area contributed by atoms with Gasteiger partial charge in [0.05, 0.1) is 6.20 Å². The molecule has 4 nitrogen and oxygen atoms in total. The van der Waals surface area contributed by atoms with Crippen molar-refractivity contribution in [3.63, 3.8) is 0 Å². The molecule has 0 atom stereocenters. The van der Waals surface area contributed by atoms with E-state index < -0.39 is 0 Å². The molecule has 0 amide bonds. The molecule has 3 aromatic rings. The summed E-state index contributed by atoms with van der Waals surface area (Å²) in [5, 5.41) is 0. The average molecular weight is 332 g/mol. The minimum absolute atomic E-state index is 0. The summed E-state index contributed by atoms with van der Waals surface area (Å²) in [6, 6.07) is 14.8. The number of halogens is 1. The van der Waals surface area contributed by atoms with Crippen LogP contribution in [0.15, 0.2) is 55.0 Å². The summed E-state index contributed by atoms with van der Waals surface area (Å²) in [7, 11) is 1.69. The number of hydrogen-bond donors (Lipinski definition) is 0. The smallest absolute Gasteiger partial charge is 0.290 e. The number of benzene rings is 1. The number of aromatic nitrogens is 2. The number of pyridine rings is 1. The van der Waals surface area contributed by atoms with Gasteiger partial charge >= 0.3 is 0 Å². The molecule has 5 heteroatoms. The monoisotopic (exact) mass is 331 g/mol. The normalized spacial score (nSPS) is 10.4. The zero-order valence-electron chi connectivity index (χ0n) is 13.7. The zero-order chi connectivity index (χ0) is 15.5. The summed E-state index contributed by atoms with van der Waals surface area (Å²) in [5.74, 6) is 0. The molecule has 3 rings (SSSR count). The third-order valence-corrected chi connectivity index (χ3v) is 4.05. The summed E-state index contributed by atoms with van der Waals surface area (Å²) < 4.78 is 3.87. The standard InChI is InChI=1S/C18H22N3O.ClH/c1-4-19(5-2)16-11-9-15(10-12-16)18-17-8-6-7-13-20(17)14-21(18)22-3;/h6-14H,4-5H2,1-3H3;1H/q+1;/p-1. The van der Waals surface area contributed by atoms with Gasteiger partial charge in [0.25, 0.3) is 6.33 Å². The highest BCUT2D eigenvalue weighted by Gasteiger charge is 2.20. The van der Waals surface area contributed by atoms with Crippen LogP contribution in [0.5, 0.6) is 0 Å². The fraction of sp³-hybridized carbons (Fsp3) is 0.278. The van der Waals surface area contributed by atoms with Crippen LogP contribution in [-0.2, 0) is 0 Å². The van der Waals surface area contributed by atoms with Crippen LogP contribution in [0.25, 0.3) is 16.8 Å². The van der Waals surface area contributed by atoms with Gasteiger partial charge in [-0.1, -0.05) is 6.07 Å². The predicted molar refractivity (Wildman–Crippen MR) is 89.1 cm³/mol. The van der Waals surface area contributed by atoms with E-state index in [-0.39, 0.29) is 12.4 Å². The lowest BCUT2D eigenvalue weighted by Crippen LogP contribution is -3.00. The van der Waals surface area contributed by atoms with Gasteiger partial charge in [0.2, 0.25) is 5.69 Å². The minimum Gasteiger partial charge on any atom is -1.00 e. The van der Waals surface area contributed by atoms with E-state index >= 15 is 0 Å². The van der Waals surface area contributed by atoms with Crippen LogP contribution < -0.4 is 26.5 Å². The lowest BCUT2D eigenvalue weighted by Gasteiger charge is -2.20. The lowest BCUT2D eigenvalue weighted by atomic mass is 10.1. The number of imidazole rings is 1. The van der Waals surface area contributed by atoms with E-state index in [1.165, 1.54) is 5.69 Å². The van der Waals surface area contributed by atoms with Gasteiger partial charge in [-0.15, -0.1) is 0 Å². The topological polar surface area (TPSA) is 21.5 Å². The van der Waals surface area contributed by atoms with Crippen molar-refractivity contribution in [1.82, 2.24) is 4.73 Å². The highest BCUT2D eigenvalue weighted by molar-refractivity contribution is 5.75. The largest absolute Gasteiger partial charge is 1.00 e. The number of hydrogen-bond acceptors (Lipinski definition) is 2. The second-order valence-corrected chi connectivity index (χ2v) is 5.18. The first kappa shape index (κ1) is 17.2. The van der Waals surface area contributed by atoms with Crippen molar-refractivity contribution in [2.45, 2.75) is 13.8 Å². The van der Waals surface area contributed by atoms with Gasteiger partial charge < -0.3 is 22.1 Å². The maximum Gasteiger partial charge on any atom is 0.290 e. The van der Waals surface area contributed by atoms with Crippen LogP contribution in [0.4, 0.5) is 5.69 Å². The Labute approximate surface area is 143 Å². The Hall–Kier alpha value is -2.20. The van der Waals surface area contributed by atoms with E-state index in [9.17, 15) is 0 Å². The van der Waals surface area contributed by atoms with Crippen LogP contribution in [0.3, 0.4) is 0 Å². The Balaban J connectivity index is 0.00000192. The molecule has 0 aliphatic rings. The Morgan fingerprint density at radius 1 is 1.04 bits per heavy atom. The van der Waals surface area contributed by atoms with E-state index in [0.29, 0.717) is 0 Å². The summed E-state index contributed by atoms with van der Waals surface area (Å²) in [4.78, 5) is 7.83. The van der Waals surface area contributed by atoms with Crippen molar-refractivity contribution in [3.05, 3.63) is 55.0 Å². The zero-order valence-corrected chi connectivity index (χ0v) is 14.5. The van der Waals surface area contributed by atoms with Crippen LogP contribution >= 0.6 is 0 Å². The fourth-order valence-electron chi connectivity index (χ4n) is 2.87. The molecule has 0 aliphatic heterocycles. The van der Waals surface area contributed by atoms with Crippen molar-refractivity contribution in [2.75, 3.05) is 25.1 Å². The molecular weight excluding hydrogens is 310 g/mol. The van der Waals surface area contributed by atoms with Crippen molar-refractivity contribution < 1.29 is 21.6 Å². The molecule has 0 N–H and O–H groups in total. The number of rotatable bonds is 5. The van der Waals surface area contributed by atoms with E-state index in [4.69, 9.17) is 4.84 Å². The second-order valence-electron chi connectivity index (χ2n) is 5.18. The lowest BCUT2D eigenvalue weighted by molar-refractivity contribution is -0.514. The number of fused-ring (bicyclic) bond motifs is 1. The Bertz CT molecular complexity index is 764. The quantitative estimate of drug-likeness (QED) is 0.604.